The maximum Gasteiger partial charge on any atom is 0.311 e. The highest BCUT2D eigenvalue weighted by Gasteiger charge is 2.21. The smallest absolute Gasteiger partial charge is 0.311 e. The van der Waals surface area contributed by atoms with Gasteiger partial charge in [0.05, 0.1) is 11.8 Å². The van der Waals surface area contributed by atoms with Crippen molar-refractivity contribution >= 4 is 17.6 Å². The Morgan fingerprint density at radius 3 is 2.23 bits per heavy atom. The molecule has 5 heteroatoms. The lowest BCUT2D eigenvalue weighted by molar-refractivity contribution is -0.136. The summed E-state index contributed by atoms with van der Waals surface area (Å²) in [6, 6.07) is 3.98. The highest BCUT2D eigenvalue weighted by molar-refractivity contribution is 6.07. The van der Waals surface area contributed by atoms with E-state index in [0.717, 1.165) is 22.4 Å². The van der Waals surface area contributed by atoms with Crippen LogP contribution in [-0.4, -0.2) is 17.0 Å². The predicted molar refractivity (Wildman–Crippen MR) is 83.4 cm³/mol. The highest BCUT2D eigenvalue weighted by Crippen LogP contribution is 2.24. The van der Waals surface area contributed by atoms with Gasteiger partial charge in [0.25, 0.3) is 5.91 Å². The number of hydrogen-bond acceptors (Lipinski definition) is 3. The van der Waals surface area contributed by atoms with Gasteiger partial charge in [0.2, 0.25) is 0 Å². The van der Waals surface area contributed by atoms with Crippen molar-refractivity contribution in [2.24, 2.45) is 0 Å². The van der Waals surface area contributed by atoms with Crippen molar-refractivity contribution in [3.05, 3.63) is 52.0 Å². The molecule has 0 fully saturated rings. The van der Waals surface area contributed by atoms with E-state index in [1.807, 2.05) is 32.9 Å². The van der Waals surface area contributed by atoms with Crippen molar-refractivity contribution in [1.82, 2.24) is 0 Å². The van der Waals surface area contributed by atoms with Crippen molar-refractivity contribution < 1.29 is 19.1 Å². The summed E-state index contributed by atoms with van der Waals surface area (Å²) in [6.07, 6.45) is 1.09. The molecular formula is C17H19NO4. The zero-order valence-corrected chi connectivity index (χ0v) is 13.1. The fourth-order valence-electron chi connectivity index (χ4n) is 2.62. The summed E-state index contributed by atoms with van der Waals surface area (Å²) in [5.41, 5.74) is 4.72. The van der Waals surface area contributed by atoms with Gasteiger partial charge in [-0.15, -0.1) is 0 Å². The number of rotatable bonds is 4. The van der Waals surface area contributed by atoms with Crippen LogP contribution in [0.4, 0.5) is 5.69 Å². The minimum absolute atomic E-state index is 0.171. The molecule has 116 valence electrons. The van der Waals surface area contributed by atoms with Crippen LogP contribution in [0.1, 0.15) is 38.4 Å². The number of carbonyl (C=O) groups excluding carboxylic acids is 1. The summed E-state index contributed by atoms with van der Waals surface area (Å²) in [5.74, 6) is -1.21. The second-order valence-electron chi connectivity index (χ2n) is 5.52. The molecule has 22 heavy (non-hydrogen) atoms. The van der Waals surface area contributed by atoms with E-state index in [1.54, 1.807) is 6.92 Å². The first-order valence-corrected chi connectivity index (χ1v) is 6.97. The van der Waals surface area contributed by atoms with E-state index in [0.29, 0.717) is 11.1 Å². The Morgan fingerprint density at radius 1 is 1.09 bits per heavy atom. The number of carboxylic acids is 1. The van der Waals surface area contributed by atoms with Gasteiger partial charge in [-0.25, -0.2) is 0 Å². The number of hydrogen-bond donors (Lipinski definition) is 2. The number of nitrogens with one attached hydrogen (secondary N) is 1. The summed E-state index contributed by atoms with van der Waals surface area (Å²) in [6.45, 7) is 7.57. The van der Waals surface area contributed by atoms with Gasteiger partial charge in [-0.3, -0.25) is 9.59 Å². The van der Waals surface area contributed by atoms with Gasteiger partial charge in [0, 0.05) is 11.3 Å². The number of anilines is 1. The highest BCUT2D eigenvalue weighted by atomic mass is 16.4. The molecule has 2 N–H and O–H groups in total. The van der Waals surface area contributed by atoms with E-state index in [4.69, 9.17) is 9.52 Å². The first kappa shape index (κ1) is 15.8. The Morgan fingerprint density at radius 2 is 1.68 bits per heavy atom. The number of aliphatic carboxylic acids is 1. The van der Waals surface area contributed by atoms with Crippen molar-refractivity contribution in [2.45, 2.75) is 34.1 Å². The van der Waals surface area contributed by atoms with Gasteiger partial charge in [0.15, 0.2) is 0 Å². The SMILES string of the molecule is Cc1cc(C)c(NC(=O)c2c(C)coc2CC(=O)O)c(C)c1. The molecule has 2 rings (SSSR count). The molecule has 0 saturated carbocycles. The minimum atomic E-state index is -1.04. The normalized spacial score (nSPS) is 10.5. The number of aryl methyl sites for hydroxylation is 4. The predicted octanol–water partition coefficient (Wildman–Crippen LogP) is 3.39. The van der Waals surface area contributed by atoms with Gasteiger partial charge >= 0.3 is 5.97 Å². The van der Waals surface area contributed by atoms with E-state index in [1.165, 1.54) is 6.26 Å². The molecule has 0 aliphatic carbocycles. The van der Waals surface area contributed by atoms with E-state index >= 15 is 0 Å². The topological polar surface area (TPSA) is 79.5 Å². The average Bonchev–Trinajstić information content (AvgIpc) is 2.74. The minimum Gasteiger partial charge on any atom is -0.481 e. The van der Waals surface area contributed by atoms with E-state index in [2.05, 4.69) is 5.32 Å². The molecule has 1 aromatic heterocycles. The van der Waals surface area contributed by atoms with Crippen LogP contribution in [0.25, 0.3) is 0 Å². The van der Waals surface area contributed by atoms with Gasteiger partial charge in [-0.2, -0.15) is 0 Å². The van der Waals surface area contributed by atoms with Crippen LogP contribution < -0.4 is 5.32 Å². The molecular weight excluding hydrogens is 282 g/mol. The van der Waals surface area contributed by atoms with Crippen LogP contribution in [0.3, 0.4) is 0 Å². The van der Waals surface area contributed by atoms with Crippen molar-refractivity contribution in [2.75, 3.05) is 5.32 Å². The van der Waals surface area contributed by atoms with E-state index in [-0.39, 0.29) is 18.1 Å². The standard InChI is InChI=1S/C17H19NO4/c1-9-5-10(2)16(11(3)6-9)18-17(21)15-12(4)8-22-13(15)7-14(19)20/h5-6,8H,7H2,1-4H3,(H,18,21)(H,19,20). The second kappa shape index (κ2) is 6.05. The molecule has 0 aliphatic rings. The molecule has 0 atom stereocenters. The quantitative estimate of drug-likeness (QED) is 0.907. The summed E-state index contributed by atoms with van der Waals surface area (Å²) in [4.78, 5) is 23.4. The molecule has 1 amide bonds. The van der Waals surface area contributed by atoms with Gasteiger partial charge < -0.3 is 14.8 Å². The molecule has 0 radical (unpaired) electrons. The summed E-state index contributed by atoms with van der Waals surface area (Å²) >= 11 is 0. The molecule has 2 aromatic rings. The Bertz CT molecular complexity index is 720. The van der Waals surface area contributed by atoms with Crippen LogP contribution in [0.15, 0.2) is 22.8 Å². The number of benzene rings is 1. The van der Waals surface area contributed by atoms with Crippen LogP contribution in [0, 0.1) is 27.7 Å². The Kier molecular flexibility index (Phi) is 4.35. The summed E-state index contributed by atoms with van der Waals surface area (Å²) in [7, 11) is 0. The fourth-order valence-corrected chi connectivity index (χ4v) is 2.62. The third-order valence-electron chi connectivity index (χ3n) is 3.51. The zero-order chi connectivity index (χ0) is 16.4. The van der Waals surface area contributed by atoms with Crippen molar-refractivity contribution in [1.29, 1.82) is 0 Å². The largest absolute Gasteiger partial charge is 0.481 e. The number of carbonyl (C=O) groups is 2. The van der Waals surface area contributed by atoms with Crippen LogP contribution >= 0.6 is 0 Å². The molecule has 1 heterocycles. The average molecular weight is 301 g/mol. The fraction of sp³-hybridized carbons (Fsp3) is 0.294. The number of amides is 1. The van der Waals surface area contributed by atoms with Crippen LogP contribution in [0.2, 0.25) is 0 Å². The van der Waals surface area contributed by atoms with Gasteiger partial charge in [-0.05, 0) is 38.8 Å². The molecule has 0 unspecified atom stereocenters. The number of carboxylic acid groups (broad SMARTS) is 1. The Balaban J connectivity index is 2.34. The van der Waals surface area contributed by atoms with Crippen LogP contribution in [0.5, 0.6) is 0 Å². The van der Waals surface area contributed by atoms with Gasteiger partial charge in [-0.1, -0.05) is 17.7 Å². The first-order valence-electron chi connectivity index (χ1n) is 6.97. The lowest BCUT2D eigenvalue weighted by Crippen LogP contribution is -2.17. The molecule has 1 aromatic carbocycles. The monoisotopic (exact) mass is 301 g/mol. The first-order chi connectivity index (χ1) is 10.3. The molecule has 0 bridgehead atoms. The van der Waals surface area contributed by atoms with E-state index in [9.17, 15) is 9.59 Å². The lowest BCUT2D eigenvalue weighted by atomic mass is 10.0. The molecule has 0 spiro atoms. The Labute approximate surface area is 129 Å². The lowest BCUT2D eigenvalue weighted by Gasteiger charge is -2.13. The maximum atomic E-state index is 12.5. The Hall–Kier alpha value is -2.56. The third kappa shape index (κ3) is 3.19. The molecule has 0 aliphatic heterocycles. The maximum absolute atomic E-state index is 12.5. The third-order valence-corrected chi connectivity index (χ3v) is 3.51. The molecule has 0 saturated heterocycles. The molecule has 5 nitrogen and oxygen atoms in total. The summed E-state index contributed by atoms with van der Waals surface area (Å²) < 4.78 is 5.20. The number of furan rings is 1. The van der Waals surface area contributed by atoms with Crippen molar-refractivity contribution in [3.63, 3.8) is 0 Å². The zero-order valence-electron chi connectivity index (χ0n) is 13.1. The summed E-state index contributed by atoms with van der Waals surface area (Å²) in [5, 5.41) is 11.8. The van der Waals surface area contributed by atoms with Crippen LogP contribution in [-0.2, 0) is 11.2 Å². The second-order valence-corrected chi connectivity index (χ2v) is 5.52. The van der Waals surface area contributed by atoms with Gasteiger partial charge in [0.1, 0.15) is 12.2 Å². The van der Waals surface area contributed by atoms with Crippen molar-refractivity contribution in [3.8, 4) is 0 Å². The van der Waals surface area contributed by atoms with E-state index < -0.39 is 5.97 Å².